The molecule has 5 heteroatoms. The van der Waals surface area contributed by atoms with Crippen molar-refractivity contribution in [2.75, 3.05) is 32.7 Å². The van der Waals surface area contributed by atoms with Crippen LogP contribution in [-0.2, 0) is 6.42 Å². The van der Waals surface area contributed by atoms with Crippen molar-refractivity contribution < 1.29 is 9.90 Å². The van der Waals surface area contributed by atoms with E-state index >= 15 is 0 Å². The van der Waals surface area contributed by atoms with Crippen LogP contribution >= 0.6 is 0 Å². The van der Waals surface area contributed by atoms with Gasteiger partial charge in [-0.05, 0) is 44.0 Å². The van der Waals surface area contributed by atoms with Gasteiger partial charge in [-0.25, -0.2) is 4.79 Å². The summed E-state index contributed by atoms with van der Waals surface area (Å²) in [5.74, 6) is -0.864. The molecule has 0 saturated carbocycles. The Labute approximate surface area is 136 Å². The smallest absolute Gasteiger partial charge is 0.335 e. The number of carbonyl (C=O) groups is 1. The van der Waals surface area contributed by atoms with Gasteiger partial charge in [0.15, 0.2) is 0 Å². The Hall–Kier alpha value is -1.85. The number of nitrogens with zero attached hydrogens (tertiary/aromatic N) is 2. The molecule has 1 aliphatic heterocycles. The lowest BCUT2D eigenvalue weighted by Gasteiger charge is -2.26. The molecule has 23 heavy (non-hydrogen) atoms. The number of benzene rings is 1. The van der Waals surface area contributed by atoms with E-state index in [2.05, 4.69) is 34.8 Å². The van der Waals surface area contributed by atoms with E-state index in [9.17, 15) is 9.90 Å². The molecule has 0 aliphatic carbocycles. The van der Waals surface area contributed by atoms with Crippen LogP contribution in [0.4, 0.5) is 0 Å². The molecule has 1 aliphatic rings. The lowest BCUT2D eigenvalue weighted by molar-refractivity contribution is 0.0697. The summed E-state index contributed by atoms with van der Waals surface area (Å²) in [6.07, 6.45) is 3.16. The van der Waals surface area contributed by atoms with Gasteiger partial charge in [0, 0.05) is 55.9 Å². The Morgan fingerprint density at radius 2 is 2.04 bits per heavy atom. The van der Waals surface area contributed by atoms with Crippen molar-refractivity contribution in [3.05, 3.63) is 35.5 Å². The minimum atomic E-state index is -0.864. The molecule has 2 heterocycles. The third kappa shape index (κ3) is 3.41. The number of aromatic nitrogens is 1. The first-order chi connectivity index (χ1) is 11.1. The third-order valence-electron chi connectivity index (χ3n) is 4.63. The summed E-state index contributed by atoms with van der Waals surface area (Å²) < 4.78 is 2.24. The Morgan fingerprint density at radius 1 is 1.30 bits per heavy atom. The number of fused-ring (bicyclic) bond motifs is 1. The molecule has 1 saturated heterocycles. The molecule has 0 atom stereocenters. The van der Waals surface area contributed by atoms with Gasteiger partial charge in [-0.3, -0.25) is 0 Å². The SMILES string of the molecule is CC(C)n1cc(CCN2CCNCC2)c2cc(C(=O)O)ccc21. The predicted molar refractivity (Wildman–Crippen MR) is 92.3 cm³/mol. The predicted octanol–water partition coefficient (Wildman–Crippen LogP) is 2.37. The van der Waals surface area contributed by atoms with Gasteiger partial charge in [0.2, 0.25) is 0 Å². The van der Waals surface area contributed by atoms with Gasteiger partial charge >= 0.3 is 5.97 Å². The minimum absolute atomic E-state index is 0.362. The zero-order valence-electron chi connectivity index (χ0n) is 13.9. The summed E-state index contributed by atoms with van der Waals surface area (Å²) in [7, 11) is 0. The van der Waals surface area contributed by atoms with Crippen molar-refractivity contribution >= 4 is 16.9 Å². The normalized spacial score (nSPS) is 16.3. The first-order valence-electron chi connectivity index (χ1n) is 8.36. The molecule has 2 aromatic rings. The molecule has 0 bridgehead atoms. The molecule has 5 nitrogen and oxygen atoms in total. The zero-order valence-corrected chi connectivity index (χ0v) is 13.9. The molecule has 2 N–H and O–H groups in total. The van der Waals surface area contributed by atoms with Crippen LogP contribution in [0, 0.1) is 0 Å². The van der Waals surface area contributed by atoms with Crippen molar-refractivity contribution in [1.29, 1.82) is 0 Å². The second-order valence-corrected chi connectivity index (χ2v) is 6.53. The number of hydrogen-bond donors (Lipinski definition) is 2. The van der Waals surface area contributed by atoms with Crippen molar-refractivity contribution in [2.45, 2.75) is 26.3 Å². The van der Waals surface area contributed by atoms with E-state index in [0.717, 1.165) is 50.0 Å². The number of carboxylic acid groups (broad SMARTS) is 1. The van der Waals surface area contributed by atoms with Crippen LogP contribution in [0.15, 0.2) is 24.4 Å². The minimum Gasteiger partial charge on any atom is -0.478 e. The number of aromatic carboxylic acids is 1. The zero-order chi connectivity index (χ0) is 16.4. The van der Waals surface area contributed by atoms with Gasteiger partial charge in [0.05, 0.1) is 5.56 Å². The van der Waals surface area contributed by atoms with Gasteiger partial charge < -0.3 is 19.9 Å². The number of rotatable bonds is 5. The highest BCUT2D eigenvalue weighted by atomic mass is 16.4. The summed E-state index contributed by atoms with van der Waals surface area (Å²) in [5, 5.41) is 13.7. The molecule has 0 unspecified atom stereocenters. The van der Waals surface area contributed by atoms with E-state index in [1.807, 2.05) is 12.1 Å². The average molecular weight is 315 g/mol. The fourth-order valence-corrected chi connectivity index (χ4v) is 3.30. The first-order valence-corrected chi connectivity index (χ1v) is 8.36. The van der Waals surface area contributed by atoms with Crippen LogP contribution < -0.4 is 5.32 Å². The molecular formula is C18H25N3O2. The Balaban J connectivity index is 1.90. The maximum Gasteiger partial charge on any atom is 0.335 e. The van der Waals surface area contributed by atoms with E-state index in [0.29, 0.717) is 11.6 Å². The molecule has 0 radical (unpaired) electrons. The molecule has 1 aromatic heterocycles. The number of piperazine rings is 1. The lowest BCUT2D eigenvalue weighted by atomic mass is 10.1. The molecule has 3 rings (SSSR count). The van der Waals surface area contributed by atoms with Gasteiger partial charge in [0.25, 0.3) is 0 Å². The molecule has 1 aromatic carbocycles. The Morgan fingerprint density at radius 3 is 2.70 bits per heavy atom. The maximum atomic E-state index is 11.3. The van der Waals surface area contributed by atoms with Crippen LogP contribution in [0.5, 0.6) is 0 Å². The van der Waals surface area contributed by atoms with Crippen LogP contribution in [0.3, 0.4) is 0 Å². The van der Waals surface area contributed by atoms with Gasteiger partial charge in [-0.1, -0.05) is 0 Å². The monoisotopic (exact) mass is 315 g/mol. The highest BCUT2D eigenvalue weighted by Gasteiger charge is 2.15. The topological polar surface area (TPSA) is 57.5 Å². The first kappa shape index (κ1) is 16.0. The van der Waals surface area contributed by atoms with Crippen LogP contribution in [-0.4, -0.2) is 53.3 Å². The molecule has 0 spiro atoms. The van der Waals surface area contributed by atoms with E-state index in [-0.39, 0.29) is 0 Å². The van der Waals surface area contributed by atoms with Crippen molar-refractivity contribution in [1.82, 2.24) is 14.8 Å². The fraction of sp³-hybridized carbons (Fsp3) is 0.500. The van der Waals surface area contributed by atoms with E-state index < -0.39 is 5.97 Å². The van der Waals surface area contributed by atoms with Crippen LogP contribution in [0.25, 0.3) is 10.9 Å². The second kappa shape index (κ2) is 6.72. The van der Waals surface area contributed by atoms with Crippen molar-refractivity contribution in [3.8, 4) is 0 Å². The quantitative estimate of drug-likeness (QED) is 0.889. The fourth-order valence-electron chi connectivity index (χ4n) is 3.30. The Bertz CT molecular complexity index is 700. The van der Waals surface area contributed by atoms with Gasteiger partial charge in [-0.15, -0.1) is 0 Å². The number of hydrogen-bond acceptors (Lipinski definition) is 3. The average Bonchev–Trinajstić information content (AvgIpc) is 2.92. The van der Waals surface area contributed by atoms with Crippen LogP contribution in [0.1, 0.15) is 35.8 Å². The standard InChI is InChI=1S/C18H25N3O2/c1-13(2)21-12-15(5-8-20-9-6-19-7-10-20)16-11-14(18(22)23)3-4-17(16)21/h3-4,11-13,19H,5-10H2,1-2H3,(H,22,23). The van der Waals surface area contributed by atoms with Crippen LogP contribution in [0.2, 0.25) is 0 Å². The number of carboxylic acids is 1. The largest absolute Gasteiger partial charge is 0.478 e. The van der Waals surface area contributed by atoms with Gasteiger partial charge in [-0.2, -0.15) is 0 Å². The highest BCUT2D eigenvalue weighted by molar-refractivity contribution is 5.95. The van der Waals surface area contributed by atoms with E-state index in [1.165, 1.54) is 5.56 Å². The third-order valence-corrected chi connectivity index (χ3v) is 4.63. The summed E-state index contributed by atoms with van der Waals surface area (Å²) in [6.45, 7) is 9.62. The second-order valence-electron chi connectivity index (χ2n) is 6.53. The molecule has 1 fully saturated rings. The van der Waals surface area contributed by atoms with Gasteiger partial charge in [0.1, 0.15) is 0 Å². The van der Waals surface area contributed by atoms with E-state index in [4.69, 9.17) is 0 Å². The van der Waals surface area contributed by atoms with Crippen molar-refractivity contribution in [2.24, 2.45) is 0 Å². The summed E-state index contributed by atoms with van der Waals surface area (Å²) in [5.41, 5.74) is 2.73. The highest BCUT2D eigenvalue weighted by Crippen LogP contribution is 2.26. The lowest BCUT2D eigenvalue weighted by Crippen LogP contribution is -2.44. The summed E-state index contributed by atoms with van der Waals surface area (Å²) in [6, 6.07) is 5.82. The number of nitrogens with one attached hydrogen (secondary N) is 1. The molecule has 0 amide bonds. The van der Waals surface area contributed by atoms with E-state index in [1.54, 1.807) is 6.07 Å². The molecule has 124 valence electrons. The van der Waals surface area contributed by atoms with Crippen molar-refractivity contribution in [3.63, 3.8) is 0 Å². The maximum absolute atomic E-state index is 11.3. The molecular weight excluding hydrogens is 290 g/mol. The summed E-state index contributed by atoms with van der Waals surface area (Å²) in [4.78, 5) is 13.7. The summed E-state index contributed by atoms with van der Waals surface area (Å²) >= 11 is 0. The Kier molecular flexibility index (Phi) is 4.68.